The highest BCUT2D eigenvalue weighted by molar-refractivity contribution is 5.93. The van der Waals surface area contributed by atoms with Crippen LogP contribution in [0, 0.1) is 23.2 Å². The third-order valence-electron chi connectivity index (χ3n) is 8.18. The van der Waals surface area contributed by atoms with E-state index in [1.54, 1.807) is 0 Å². The second-order valence-electron chi connectivity index (χ2n) is 11.5. The number of amides is 4. The number of rotatable bonds is 13. The van der Waals surface area contributed by atoms with E-state index in [1.807, 2.05) is 72.8 Å². The topological polar surface area (TPSA) is 149 Å². The van der Waals surface area contributed by atoms with Crippen molar-refractivity contribution in [2.75, 3.05) is 6.54 Å². The third-order valence-corrected chi connectivity index (χ3v) is 8.18. The van der Waals surface area contributed by atoms with Gasteiger partial charge in [0.25, 0.3) is 0 Å². The van der Waals surface area contributed by atoms with Crippen LogP contribution in [0.25, 0.3) is 10.8 Å². The Labute approximate surface area is 256 Å². The van der Waals surface area contributed by atoms with Gasteiger partial charge in [-0.3, -0.25) is 14.4 Å². The Hall–Kier alpha value is -4.91. The fourth-order valence-corrected chi connectivity index (χ4v) is 5.57. The van der Waals surface area contributed by atoms with Crippen LogP contribution in [0.3, 0.4) is 0 Å². The highest BCUT2D eigenvalue weighted by Crippen LogP contribution is 2.33. The molecular weight excluding hydrogens is 558 g/mol. The molecule has 10 nitrogen and oxygen atoms in total. The number of ether oxygens (including phenoxy) is 1. The minimum atomic E-state index is -1.03. The molecular formula is C34H37N5O5. The van der Waals surface area contributed by atoms with E-state index in [-0.39, 0.29) is 37.2 Å². The summed E-state index contributed by atoms with van der Waals surface area (Å²) >= 11 is 0. The predicted molar refractivity (Wildman–Crippen MR) is 164 cm³/mol. The molecule has 4 unspecified atom stereocenters. The van der Waals surface area contributed by atoms with Crippen molar-refractivity contribution in [1.29, 1.82) is 5.26 Å². The van der Waals surface area contributed by atoms with Crippen LogP contribution in [0.4, 0.5) is 4.79 Å². The summed E-state index contributed by atoms with van der Waals surface area (Å²) in [4.78, 5) is 52.2. The van der Waals surface area contributed by atoms with Crippen LogP contribution in [0.15, 0.2) is 72.8 Å². The molecule has 0 radical (unpaired) electrons. The minimum Gasteiger partial charge on any atom is -0.445 e. The van der Waals surface area contributed by atoms with Gasteiger partial charge in [0, 0.05) is 18.9 Å². The summed E-state index contributed by atoms with van der Waals surface area (Å²) in [5, 5.41) is 22.7. The summed E-state index contributed by atoms with van der Waals surface area (Å²) in [5.41, 5.74) is 1.66. The maximum Gasteiger partial charge on any atom is 0.408 e. The van der Waals surface area contributed by atoms with Crippen LogP contribution < -0.4 is 21.3 Å². The molecule has 3 aromatic carbocycles. The molecule has 4 atom stereocenters. The van der Waals surface area contributed by atoms with Crippen molar-refractivity contribution < 1.29 is 23.9 Å². The summed E-state index contributed by atoms with van der Waals surface area (Å²) in [5.74, 6) is -1.19. The first-order valence-corrected chi connectivity index (χ1v) is 15.1. The van der Waals surface area contributed by atoms with Gasteiger partial charge in [0.2, 0.25) is 17.7 Å². The Morgan fingerprint density at radius 3 is 2.32 bits per heavy atom. The third kappa shape index (κ3) is 8.34. The minimum absolute atomic E-state index is 0.0383. The number of nitriles is 1. The Morgan fingerprint density at radius 2 is 1.59 bits per heavy atom. The van der Waals surface area contributed by atoms with Crippen LogP contribution in [0.5, 0.6) is 0 Å². The van der Waals surface area contributed by atoms with Crippen molar-refractivity contribution in [3.8, 4) is 6.07 Å². The number of benzene rings is 3. The molecule has 1 saturated carbocycles. The van der Waals surface area contributed by atoms with Gasteiger partial charge in [-0.1, -0.05) is 85.6 Å². The van der Waals surface area contributed by atoms with Gasteiger partial charge >= 0.3 is 6.09 Å². The lowest BCUT2D eigenvalue weighted by Gasteiger charge is -2.25. The summed E-state index contributed by atoms with van der Waals surface area (Å²) in [6, 6.07) is 22.1. The second kappa shape index (κ2) is 14.5. The summed E-state index contributed by atoms with van der Waals surface area (Å²) in [7, 11) is 0. The molecule has 0 aromatic heterocycles. The van der Waals surface area contributed by atoms with Crippen LogP contribution in [-0.2, 0) is 32.1 Å². The predicted octanol–water partition coefficient (Wildman–Crippen LogP) is 3.50. The molecule has 0 bridgehead atoms. The lowest BCUT2D eigenvalue weighted by atomic mass is 9.97. The van der Waals surface area contributed by atoms with E-state index < -0.39 is 36.0 Å². The molecule has 1 heterocycles. The van der Waals surface area contributed by atoms with Gasteiger partial charge < -0.3 is 26.0 Å². The molecule has 4 N–H and O–H groups in total. The van der Waals surface area contributed by atoms with E-state index in [1.165, 1.54) is 0 Å². The fraction of sp³-hybridized carbons (Fsp3) is 0.382. The Bertz CT molecular complexity index is 1530. The number of alkyl carbamates (subject to hydrolysis) is 1. The van der Waals surface area contributed by atoms with Crippen LogP contribution >= 0.6 is 0 Å². The molecule has 2 fully saturated rings. The Kier molecular flexibility index (Phi) is 10.1. The molecule has 44 heavy (non-hydrogen) atoms. The standard InChI is InChI=1S/C34H37N5O5/c35-20-27(18-26-15-16-36-31(26)40)37-32(41)29(17-22-13-14-22)38-33(42)30(39-34(43)44-21-23-7-2-1-3-8-23)19-25-11-6-10-24-9-4-5-12-28(24)25/h1-12,22,26-27,29-30H,13-19,21H2,(H,36,40)(H,37,41)(H,38,42)(H,39,43). The first kappa shape index (κ1) is 30.5. The van der Waals surface area contributed by atoms with Gasteiger partial charge in [-0.05, 0) is 47.1 Å². The molecule has 1 aliphatic carbocycles. The average molecular weight is 596 g/mol. The van der Waals surface area contributed by atoms with Crippen molar-refractivity contribution >= 4 is 34.6 Å². The lowest BCUT2D eigenvalue weighted by Crippen LogP contribution is -2.55. The van der Waals surface area contributed by atoms with Crippen molar-refractivity contribution in [3.05, 3.63) is 83.9 Å². The number of fused-ring (bicyclic) bond motifs is 1. The van der Waals surface area contributed by atoms with Crippen LogP contribution in [-0.4, -0.2) is 48.5 Å². The quantitative estimate of drug-likeness (QED) is 0.238. The highest BCUT2D eigenvalue weighted by atomic mass is 16.5. The van der Waals surface area contributed by atoms with Gasteiger partial charge in [-0.15, -0.1) is 0 Å². The maximum absolute atomic E-state index is 13.8. The number of hydrogen-bond donors (Lipinski definition) is 4. The van der Waals surface area contributed by atoms with E-state index in [9.17, 15) is 24.4 Å². The van der Waals surface area contributed by atoms with E-state index in [4.69, 9.17) is 4.74 Å². The summed E-state index contributed by atoms with van der Waals surface area (Å²) in [6.07, 6.45) is 2.55. The lowest BCUT2D eigenvalue weighted by molar-refractivity contribution is -0.130. The number of nitrogens with one attached hydrogen (secondary N) is 4. The normalized spacial score (nSPS) is 17.9. The molecule has 4 amide bonds. The highest BCUT2D eigenvalue weighted by Gasteiger charge is 2.35. The number of carbonyl (C=O) groups excluding carboxylic acids is 4. The number of carbonyl (C=O) groups is 4. The second-order valence-corrected chi connectivity index (χ2v) is 11.5. The smallest absolute Gasteiger partial charge is 0.408 e. The van der Waals surface area contributed by atoms with Crippen LogP contribution in [0.2, 0.25) is 0 Å². The van der Waals surface area contributed by atoms with Crippen LogP contribution in [0.1, 0.15) is 43.2 Å². The number of hydrogen-bond acceptors (Lipinski definition) is 6. The molecule has 5 rings (SSSR count). The largest absolute Gasteiger partial charge is 0.445 e. The van der Waals surface area contributed by atoms with Gasteiger partial charge in [0.1, 0.15) is 24.7 Å². The van der Waals surface area contributed by atoms with Crippen molar-refractivity contribution in [3.63, 3.8) is 0 Å². The first-order chi connectivity index (χ1) is 21.4. The zero-order valence-corrected chi connectivity index (χ0v) is 24.5. The zero-order chi connectivity index (χ0) is 30.9. The number of nitrogens with zero attached hydrogens (tertiary/aromatic N) is 1. The molecule has 1 aliphatic heterocycles. The van der Waals surface area contributed by atoms with Gasteiger partial charge in [-0.2, -0.15) is 5.26 Å². The molecule has 0 spiro atoms. The molecule has 10 heteroatoms. The SMILES string of the molecule is N#CC(CC1CCNC1=O)NC(=O)C(CC1CC1)NC(=O)C(Cc1cccc2ccccc12)NC(=O)OCc1ccccc1. The monoisotopic (exact) mass is 595 g/mol. The maximum atomic E-state index is 13.8. The zero-order valence-electron chi connectivity index (χ0n) is 24.5. The van der Waals surface area contributed by atoms with E-state index in [0.717, 1.165) is 34.7 Å². The fourth-order valence-electron chi connectivity index (χ4n) is 5.57. The van der Waals surface area contributed by atoms with Gasteiger partial charge in [0.05, 0.1) is 6.07 Å². The van der Waals surface area contributed by atoms with Gasteiger partial charge in [0.15, 0.2) is 0 Å². The Morgan fingerprint density at radius 1 is 0.864 bits per heavy atom. The van der Waals surface area contributed by atoms with Gasteiger partial charge in [-0.25, -0.2) is 4.79 Å². The van der Waals surface area contributed by atoms with E-state index >= 15 is 0 Å². The van der Waals surface area contributed by atoms with Crippen molar-refractivity contribution in [2.24, 2.45) is 11.8 Å². The van der Waals surface area contributed by atoms with E-state index in [2.05, 4.69) is 27.3 Å². The van der Waals surface area contributed by atoms with Crippen molar-refractivity contribution in [2.45, 2.75) is 63.3 Å². The molecule has 228 valence electrons. The first-order valence-electron chi connectivity index (χ1n) is 15.1. The Balaban J connectivity index is 1.30. The molecule has 1 saturated heterocycles. The van der Waals surface area contributed by atoms with E-state index in [0.29, 0.717) is 19.4 Å². The average Bonchev–Trinajstić information content (AvgIpc) is 3.78. The van der Waals surface area contributed by atoms with Crippen molar-refractivity contribution in [1.82, 2.24) is 21.3 Å². The molecule has 3 aromatic rings. The summed E-state index contributed by atoms with van der Waals surface area (Å²) in [6.45, 7) is 0.589. The summed E-state index contributed by atoms with van der Waals surface area (Å²) < 4.78 is 5.42. The molecule has 2 aliphatic rings.